The molecule has 1 unspecified atom stereocenters. The molecule has 0 aliphatic heterocycles. The number of anilines is 1. The molecular formula is C25H38ClF2K3N11O9PS. The van der Waals surface area contributed by atoms with Gasteiger partial charge in [-0.3, -0.25) is 10.6 Å². The van der Waals surface area contributed by atoms with Crippen molar-refractivity contribution in [2.75, 3.05) is 26.2 Å². The molecule has 0 spiro atoms. The number of carbonyl (C=O) groups excluding carboxylic acids is 1. The number of aromatic amines is 2. The van der Waals surface area contributed by atoms with Gasteiger partial charge in [-0.1, -0.05) is 20.1 Å². The average molecular weight is 890 g/mol. The summed E-state index contributed by atoms with van der Waals surface area (Å²) in [4.78, 5) is 33.5. The number of aromatic nitrogens is 7. The number of hydrogen-bond donors (Lipinski definition) is 5. The van der Waals surface area contributed by atoms with E-state index in [0.29, 0.717) is 39.7 Å². The van der Waals surface area contributed by atoms with Crippen LogP contribution in [-0.4, -0.2) is 140 Å². The Bertz CT molecular complexity index is 1790. The van der Waals surface area contributed by atoms with Crippen molar-refractivity contribution in [3.63, 3.8) is 0 Å². The SMILES string of the molecule is C.C.CC#N.COC(C=O)OC.CS(=O)(=O)NN.Cl.Fc1cnc(-n2ccnn2)c2[nH]ccc12.Nc1ncc(F)c2cc[nH]c12.O=[P+]([O-])O[O-].[K+].[K][K]. The number of ether oxygens (including phenoxy) is 2. The number of nitrogens with one attached hydrogen (secondary N) is 3. The number of nitrogens with two attached hydrogens (primary N) is 2. The summed E-state index contributed by atoms with van der Waals surface area (Å²) in [5, 5.41) is 24.3. The second-order valence-electron chi connectivity index (χ2n) is 7.69. The minimum absolute atomic E-state index is 0. The summed E-state index contributed by atoms with van der Waals surface area (Å²) in [5.41, 5.74) is 6.63. The molecule has 0 amide bonds. The molecule has 0 aliphatic carbocycles. The number of nitrogens with zero attached hydrogens (tertiary/aromatic N) is 6. The summed E-state index contributed by atoms with van der Waals surface area (Å²) in [6, 6.07) is 5.04. The van der Waals surface area contributed by atoms with E-state index in [1.54, 1.807) is 47.8 Å². The van der Waals surface area contributed by atoms with Crippen LogP contribution in [0.2, 0.25) is 0 Å². The van der Waals surface area contributed by atoms with E-state index in [1.165, 1.54) is 95.2 Å². The van der Waals surface area contributed by atoms with E-state index in [-0.39, 0.29) is 90.3 Å². The second kappa shape index (κ2) is 39.1. The number of rotatable bonds is 6. The van der Waals surface area contributed by atoms with Crippen LogP contribution in [0.15, 0.2) is 49.3 Å². The number of nitriles is 1. The van der Waals surface area contributed by atoms with Gasteiger partial charge in [0.05, 0.1) is 48.1 Å². The van der Waals surface area contributed by atoms with Crippen molar-refractivity contribution in [3.8, 4) is 11.9 Å². The quantitative estimate of drug-likeness (QED) is 0.0225. The number of pyridine rings is 2. The summed E-state index contributed by atoms with van der Waals surface area (Å²) >= 11 is 2.50. The zero-order valence-electron chi connectivity index (χ0n) is 28.3. The molecule has 0 radical (unpaired) electrons. The molecule has 53 heavy (non-hydrogen) atoms. The van der Waals surface area contributed by atoms with E-state index in [0.717, 1.165) is 12.5 Å². The van der Waals surface area contributed by atoms with Gasteiger partial charge in [-0.05, 0) is 16.7 Å². The first-order chi connectivity index (χ1) is 23.2. The first-order valence-electron chi connectivity index (χ1n) is 13.0. The van der Waals surface area contributed by atoms with Gasteiger partial charge < -0.3 is 35.3 Å². The Morgan fingerprint density at radius 2 is 1.51 bits per heavy atom. The molecule has 5 heterocycles. The maximum absolute atomic E-state index is 13.3. The van der Waals surface area contributed by atoms with E-state index < -0.39 is 24.6 Å². The van der Waals surface area contributed by atoms with E-state index in [4.69, 9.17) is 25.7 Å². The van der Waals surface area contributed by atoms with Gasteiger partial charge in [0.15, 0.2) is 23.7 Å². The monoisotopic (exact) mass is 889 g/mol. The fourth-order valence-corrected chi connectivity index (χ4v) is 2.75. The second-order valence-corrected chi connectivity index (χ2v) is 10.1. The number of hydrogen-bond acceptors (Lipinski definition) is 16. The molecule has 0 saturated carbocycles. The van der Waals surface area contributed by atoms with Crippen LogP contribution in [0.3, 0.4) is 0 Å². The molecule has 7 N–H and O–H groups in total. The summed E-state index contributed by atoms with van der Waals surface area (Å²) in [7, 11) is -3.48. The Balaban J connectivity index is -0.000000131. The first-order valence-corrected chi connectivity index (χ1v) is 32.0. The van der Waals surface area contributed by atoms with Crippen LogP contribution in [0.4, 0.5) is 14.6 Å². The average Bonchev–Trinajstić information content (AvgIpc) is 3.90. The predicted molar refractivity (Wildman–Crippen MR) is 190 cm³/mol. The van der Waals surface area contributed by atoms with Crippen molar-refractivity contribution in [2.45, 2.75) is 28.1 Å². The number of aldehydes is 1. The molecular weight excluding hydrogens is 852 g/mol. The topological polar surface area (TPSA) is 318 Å². The third-order valence-electron chi connectivity index (χ3n) is 4.60. The number of halogens is 3. The van der Waals surface area contributed by atoms with Gasteiger partial charge in [0.2, 0.25) is 16.3 Å². The predicted octanol–water partition coefficient (Wildman–Crippen LogP) is -2.46. The van der Waals surface area contributed by atoms with Crippen LogP contribution < -0.4 is 77.9 Å². The molecule has 5 rings (SSSR count). The van der Waals surface area contributed by atoms with Crippen LogP contribution in [-0.2, 0) is 33.5 Å². The Labute approximate surface area is 400 Å². The summed E-state index contributed by atoms with van der Waals surface area (Å²) < 4.78 is 67.4. The standard InChI is InChI=1S/C9H6FN5.C7H6FN3.C4H8O3.C2H3N.CH6N2O2S.2CH4.ClH.3K.HO4P/c10-7-5-12-9(15-4-3-13-14-15)8-6(7)1-2-11-8;8-5-3-11-7(9)6-4(5)1-2-10-6;1-6-4(3-5)7-2;1-2-3;1-6(4,5)3-2;;;;;;;1-4-5(2)3/h1-5,11H;1-3,10H,(H2,9,11);3-4H,1-2H3;1H3;3H,2H2,1H3;2*1H4;1H;;;;1H/q;;;;;;;;;;+1;/p-1. The number of sulfonamides is 1. The fourth-order valence-electron chi connectivity index (χ4n) is 2.75. The van der Waals surface area contributed by atoms with E-state index in [1.807, 2.05) is 0 Å². The molecule has 0 saturated heterocycles. The Morgan fingerprint density at radius 3 is 1.83 bits per heavy atom. The molecule has 5 aromatic rings. The van der Waals surface area contributed by atoms with Crippen LogP contribution in [0, 0.1) is 23.0 Å². The Hall–Kier alpha value is 0.309. The van der Waals surface area contributed by atoms with Gasteiger partial charge in [-0.15, -0.1) is 17.5 Å². The van der Waals surface area contributed by atoms with E-state index in [9.17, 15) is 22.0 Å². The summed E-state index contributed by atoms with van der Waals surface area (Å²) in [6.07, 6.45) is 9.65. The van der Waals surface area contributed by atoms with Crippen molar-refractivity contribution >= 4 is 128 Å². The van der Waals surface area contributed by atoms with Crippen molar-refractivity contribution in [1.29, 1.82) is 5.26 Å². The molecule has 20 nitrogen and oxygen atoms in total. The van der Waals surface area contributed by atoms with E-state index >= 15 is 0 Å². The molecule has 0 aromatic carbocycles. The van der Waals surface area contributed by atoms with Gasteiger partial charge in [-0.25, -0.2) is 36.5 Å². The van der Waals surface area contributed by atoms with Crippen LogP contribution in [0.25, 0.3) is 27.6 Å². The van der Waals surface area contributed by atoms with Crippen LogP contribution in [0.1, 0.15) is 21.8 Å². The number of fused-ring (bicyclic) bond motifs is 2. The van der Waals surface area contributed by atoms with Gasteiger partial charge in [-0.2, -0.15) is 10.1 Å². The Kier molecular flexibility index (Phi) is 48.1. The summed E-state index contributed by atoms with van der Waals surface area (Å²) in [6.45, 7) is 1.43. The van der Waals surface area contributed by atoms with Crippen molar-refractivity contribution < 1.29 is 102 Å². The summed E-state index contributed by atoms with van der Waals surface area (Å²) in [5.74, 6) is 4.63. The van der Waals surface area contributed by atoms with Gasteiger partial charge in [0, 0.05) is 44.3 Å². The van der Waals surface area contributed by atoms with Crippen LogP contribution in [0.5, 0.6) is 0 Å². The first kappa shape index (κ1) is 65.2. The molecule has 1 atom stereocenters. The van der Waals surface area contributed by atoms with Crippen LogP contribution >= 0.6 is 20.7 Å². The zero-order valence-corrected chi connectivity index (χ0v) is 40.2. The maximum atomic E-state index is 13.3. The number of H-pyrrole nitrogens is 2. The molecule has 28 heteroatoms. The van der Waals surface area contributed by atoms with Crippen molar-refractivity contribution in [2.24, 2.45) is 5.84 Å². The van der Waals surface area contributed by atoms with Crippen molar-refractivity contribution in [3.05, 3.63) is 60.9 Å². The number of hydrazine groups is 1. The molecule has 282 valence electrons. The molecule has 0 bridgehead atoms. The number of methoxy groups -OCH3 is 2. The van der Waals surface area contributed by atoms with Crippen molar-refractivity contribution in [1.82, 2.24) is 39.8 Å². The van der Waals surface area contributed by atoms with Gasteiger partial charge in [0.1, 0.15) is 5.82 Å². The molecule has 0 aliphatic rings. The zero-order chi connectivity index (χ0) is 38.0. The van der Waals surface area contributed by atoms with Gasteiger partial charge >= 0.3 is 123 Å². The fraction of sp³-hybridized carbons (Fsp3) is 0.280. The normalized spacial score (nSPS) is 9.26. The minimum atomic E-state index is -3.15. The molecule has 5 aromatic heterocycles. The third-order valence-corrected chi connectivity index (χ3v) is 5.15. The Morgan fingerprint density at radius 1 is 1.09 bits per heavy atom. The number of carbonyl (C=O) groups is 1. The third kappa shape index (κ3) is 28.4. The van der Waals surface area contributed by atoms with E-state index in [2.05, 4.69) is 50.2 Å². The number of nitrogen functional groups attached to an aromatic ring is 1. The molecule has 0 fully saturated rings. The van der Waals surface area contributed by atoms with Gasteiger partial charge in [0.25, 0.3) is 0 Å².